The summed E-state index contributed by atoms with van der Waals surface area (Å²) in [6, 6.07) is 3.62. The van der Waals surface area contributed by atoms with Crippen molar-refractivity contribution in [1.82, 2.24) is 9.97 Å². The molecule has 0 amide bonds. The summed E-state index contributed by atoms with van der Waals surface area (Å²) in [6.45, 7) is 0. The fourth-order valence-corrected chi connectivity index (χ4v) is 2.11. The smallest absolute Gasteiger partial charge is 0.270 e. The fraction of sp³-hybridized carbons (Fsp3) is 0.0833. The lowest BCUT2D eigenvalue weighted by atomic mass is 10.1. The molecule has 2 rings (SSSR count). The van der Waals surface area contributed by atoms with Crippen molar-refractivity contribution in [2.45, 2.75) is 5.16 Å². The van der Waals surface area contributed by atoms with Crippen LogP contribution in [0.5, 0.6) is 5.75 Å². The Bertz CT molecular complexity index is 785. The predicted molar refractivity (Wildman–Crippen MR) is 73.4 cm³/mol. The highest BCUT2D eigenvalue weighted by atomic mass is 35.5. The van der Waals surface area contributed by atoms with Gasteiger partial charge in [-0.15, -0.1) is 0 Å². The Balaban J connectivity index is 2.82. The van der Waals surface area contributed by atoms with E-state index in [-0.39, 0.29) is 27.0 Å². The first-order valence-electron chi connectivity index (χ1n) is 5.24. The topological polar surface area (TPSA) is 89.8 Å². The van der Waals surface area contributed by atoms with E-state index in [0.717, 1.165) is 23.9 Å². The van der Waals surface area contributed by atoms with Crippen LogP contribution in [0.15, 0.2) is 22.1 Å². The Morgan fingerprint density at radius 3 is 2.85 bits per heavy atom. The highest BCUT2D eigenvalue weighted by Gasteiger charge is 2.18. The van der Waals surface area contributed by atoms with Crippen LogP contribution in [0.3, 0.4) is 0 Å². The third-order valence-corrected chi connectivity index (χ3v) is 3.38. The van der Waals surface area contributed by atoms with Crippen molar-refractivity contribution in [2.75, 3.05) is 6.26 Å². The number of rotatable bonds is 2. The van der Waals surface area contributed by atoms with Crippen LogP contribution in [0.4, 0.5) is 4.39 Å². The molecule has 0 spiro atoms. The Kier molecular flexibility index (Phi) is 3.97. The summed E-state index contributed by atoms with van der Waals surface area (Å²) in [5.41, 5.74) is -1.21. The van der Waals surface area contributed by atoms with Gasteiger partial charge in [-0.3, -0.25) is 4.79 Å². The molecule has 0 atom stereocenters. The summed E-state index contributed by atoms with van der Waals surface area (Å²) in [5.74, 6) is -1.25. The average molecular weight is 312 g/mol. The van der Waals surface area contributed by atoms with Crippen molar-refractivity contribution in [1.29, 1.82) is 5.26 Å². The van der Waals surface area contributed by atoms with Gasteiger partial charge < -0.3 is 10.1 Å². The molecule has 8 heteroatoms. The minimum absolute atomic E-state index is 0.0990. The van der Waals surface area contributed by atoms with Crippen LogP contribution in [0, 0.1) is 17.1 Å². The van der Waals surface area contributed by atoms with E-state index in [1.165, 1.54) is 0 Å². The average Bonchev–Trinajstić information content (AvgIpc) is 2.42. The number of benzene rings is 1. The van der Waals surface area contributed by atoms with Gasteiger partial charge in [0.05, 0.1) is 10.7 Å². The molecule has 5 nitrogen and oxygen atoms in total. The molecule has 0 unspecified atom stereocenters. The largest absolute Gasteiger partial charge is 0.506 e. The number of halogens is 2. The van der Waals surface area contributed by atoms with Gasteiger partial charge in [-0.25, -0.2) is 9.37 Å². The number of aromatic hydroxyl groups is 1. The SMILES string of the molecule is CSc1nc(-c2cc(Cl)c(O)cc2F)c(C#N)c(=O)[nH]1. The molecule has 1 heterocycles. The molecule has 0 aliphatic rings. The molecule has 0 saturated heterocycles. The van der Waals surface area contributed by atoms with Crippen LogP contribution in [-0.2, 0) is 0 Å². The van der Waals surface area contributed by atoms with Gasteiger partial charge in [0, 0.05) is 11.6 Å². The first-order valence-corrected chi connectivity index (χ1v) is 6.85. The number of H-pyrrole nitrogens is 1. The predicted octanol–water partition coefficient (Wildman–Crippen LogP) is 2.53. The van der Waals surface area contributed by atoms with E-state index in [9.17, 15) is 14.3 Å². The molecular formula is C12H7ClFN3O2S. The van der Waals surface area contributed by atoms with Crippen molar-refractivity contribution in [2.24, 2.45) is 0 Å². The van der Waals surface area contributed by atoms with Crippen molar-refractivity contribution in [3.05, 3.63) is 38.9 Å². The molecule has 20 heavy (non-hydrogen) atoms. The van der Waals surface area contributed by atoms with E-state index >= 15 is 0 Å². The summed E-state index contributed by atoms with van der Waals surface area (Å²) >= 11 is 6.87. The molecule has 0 radical (unpaired) electrons. The van der Waals surface area contributed by atoms with Gasteiger partial charge >= 0.3 is 0 Å². The van der Waals surface area contributed by atoms with E-state index in [0.29, 0.717) is 0 Å². The Labute approximate surface area is 122 Å². The van der Waals surface area contributed by atoms with E-state index in [4.69, 9.17) is 16.9 Å². The highest BCUT2D eigenvalue weighted by Crippen LogP contribution is 2.32. The van der Waals surface area contributed by atoms with Crippen LogP contribution in [-0.4, -0.2) is 21.3 Å². The molecule has 0 fully saturated rings. The zero-order valence-electron chi connectivity index (χ0n) is 10.1. The summed E-state index contributed by atoms with van der Waals surface area (Å²) in [4.78, 5) is 18.2. The molecule has 2 N–H and O–H groups in total. The number of thioether (sulfide) groups is 1. The lowest BCUT2D eigenvalue weighted by Crippen LogP contribution is -2.15. The first-order chi connectivity index (χ1) is 9.47. The van der Waals surface area contributed by atoms with Crippen molar-refractivity contribution in [3.8, 4) is 23.1 Å². The first kappa shape index (κ1) is 14.4. The van der Waals surface area contributed by atoms with E-state index in [1.54, 1.807) is 12.3 Å². The summed E-state index contributed by atoms with van der Waals surface area (Å²) < 4.78 is 13.9. The molecule has 0 bridgehead atoms. The lowest BCUT2D eigenvalue weighted by molar-refractivity contribution is 0.469. The van der Waals surface area contributed by atoms with Crippen molar-refractivity contribution in [3.63, 3.8) is 0 Å². The summed E-state index contributed by atoms with van der Waals surface area (Å²) in [5, 5.41) is 18.5. The number of nitrogens with one attached hydrogen (secondary N) is 1. The van der Waals surface area contributed by atoms with Crippen molar-refractivity contribution < 1.29 is 9.50 Å². The maximum Gasteiger partial charge on any atom is 0.270 e. The monoisotopic (exact) mass is 311 g/mol. The highest BCUT2D eigenvalue weighted by molar-refractivity contribution is 7.98. The van der Waals surface area contributed by atoms with Gasteiger partial charge in [0.25, 0.3) is 5.56 Å². The molecule has 1 aromatic heterocycles. The number of nitrogens with zero attached hydrogens (tertiary/aromatic N) is 2. The Morgan fingerprint density at radius 2 is 2.25 bits per heavy atom. The second kappa shape index (κ2) is 5.53. The molecule has 0 aliphatic carbocycles. The number of hydrogen-bond acceptors (Lipinski definition) is 5. The third-order valence-electron chi connectivity index (χ3n) is 2.49. The number of hydrogen-bond donors (Lipinski definition) is 2. The second-order valence-electron chi connectivity index (χ2n) is 3.69. The minimum atomic E-state index is -0.825. The van der Waals surface area contributed by atoms with Gasteiger partial charge in [0.15, 0.2) is 5.16 Å². The zero-order valence-corrected chi connectivity index (χ0v) is 11.6. The fourth-order valence-electron chi connectivity index (χ4n) is 1.57. The maximum atomic E-state index is 13.9. The van der Waals surface area contributed by atoms with Crippen LogP contribution in [0.2, 0.25) is 5.02 Å². The van der Waals surface area contributed by atoms with Gasteiger partial charge in [0.2, 0.25) is 0 Å². The van der Waals surface area contributed by atoms with Crippen LogP contribution < -0.4 is 5.56 Å². The van der Waals surface area contributed by atoms with E-state index in [2.05, 4.69) is 9.97 Å². The van der Waals surface area contributed by atoms with Crippen LogP contribution >= 0.6 is 23.4 Å². The maximum absolute atomic E-state index is 13.9. The second-order valence-corrected chi connectivity index (χ2v) is 4.90. The molecule has 2 aromatic rings. The molecule has 0 saturated carbocycles. The lowest BCUT2D eigenvalue weighted by Gasteiger charge is -2.07. The minimum Gasteiger partial charge on any atom is -0.506 e. The molecule has 102 valence electrons. The van der Waals surface area contributed by atoms with E-state index in [1.807, 2.05) is 0 Å². The van der Waals surface area contributed by atoms with Crippen LogP contribution in [0.25, 0.3) is 11.3 Å². The normalized spacial score (nSPS) is 10.3. The quantitative estimate of drug-likeness (QED) is 0.657. The van der Waals surface area contributed by atoms with Crippen LogP contribution in [0.1, 0.15) is 5.56 Å². The van der Waals surface area contributed by atoms with Gasteiger partial charge in [0.1, 0.15) is 23.2 Å². The van der Waals surface area contributed by atoms with Gasteiger partial charge in [-0.1, -0.05) is 23.4 Å². The van der Waals surface area contributed by atoms with E-state index < -0.39 is 17.1 Å². The zero-order chi connectivity index (χ0) is 14.9. The Morgan fingerprint density at radius 1 is 1.55 bits per heavy atom. The number of phenolic OH excluding ortho intramolecular Hbond substituents is 1. The van der Waals surface area contributed by atoms with Gasteiger partial charge in [-0.05, 0) is 12.3 Å². The van der Waals surface area contributed by atoms with Crippen molar-refractivity contribution >= 4 is 23.4 Å². The summed E-state index contributed by atoms with van der Waals surface area (Å²) in [6.07, 6.45) is 1.67. The molecule has 1 aromatic carbocycles. The number of nitriles is 1. The van der Waals surface area contributed by atoms with Gasteiger partial charge in [-0.2, -0.15) is 5.26 Å². The number of phenols is 1. The molecular weight excluding hydrogens is 305 g/mol. The Hall–Kier alpha value is -2.04. The summed E-state index contributed by atoms with van der Waals surface area (Å²) in [7, 11) is 0. The molecule has 0 aliphatic heterocycles. The number of aromatic nitrogens is 2. The standard InChI is InChI=1S/C12H7ClFN3O2S/c1-20-12-16-10(6(4-15)11(19)17-12)5-2-7(13)9(18)3-8(5)14/h2-3,18H,1H3,(H,16,17,19). The third kappa shape index (κ3) is 2.48. The number of aromatic amines is 1.